The highest BCUT2D eigenvalue weighted by atomic mass is 32.1. The van der Waals surface area contributed by atoms with Crippen molar-refractivity contribution in [2.75, 3.05) is 18.4 Å². The van der Waals surface area contributed by atoms with Crippen LogP contribution in [0.2, 0.25) is 0 Å². The van der Waals surface area contributed by atoms with Crippen molar-refractivity contribution in [3.8, 4) is 0 Å². The minimum atomic E-state index is 0.0222. The van der Waals surface area contributed by atoms with Crippen molar-refractivity contribution in [2.24, 2.45) is 11.7 Å². The van der Waals surface area contributed by atoms with Crippen molar-refractivity contribution >= 4 is 28.8 Å². The molecular formula is C15H21N3OS. The first-order valence-corrected chi connectivity index (χ1v) is 7.30. The molecular weight excluding hydrogens is 270 g/mol. The predicted octanol–water partition coefficient (Wildman–Crippen LogP) is 1.99. The van der Waals surface area contributed by atoms with Crippen LogP contribution in [0, 0.1) is 5.92 Å². The molecule has 0 spiro atoms. The van der Waals surface area contributed by atoms with Crippen molar-refractivity contribution in [3.63, 3.8) is 0 Å². The molecule has 0 radical (unpaired) electrons. The Morgan fingerprint density at radius 2 is 2.05 bits per heavy atom. The first-order valence-electron chi connectivity index (χ1n) is 6.89. The number of nitrogens with zero attached hydrogens (tertiary/aromatic N) is 1. The van der Waals surface area contributed by atoms with Crippen LogP contribution in [0.4, 0.5) is 5.69 Å². The lowest BCUT2D eigenvalue weighted by Gasteiger charge is -2.20. The van der Waals surface area contributed by atoms with Crippen molar-refractivity contribution in [1.29, 1.82) is 0 Å². The number of hydrogen-bond donors (Lipinski definition) is 2. The van der Waals surface area contributed by atoms with E-state index in [2.05, 4.69) is 24.1 Å². The second-order valence-electron chi connectivity index (χ2n) is 5.61. The van der Waals surface area contributed by atoms with Gasteiger partial charge in [-0.3, -0.25) is 9.69 Å². The molecule has 0 bridgehead atoms. The Bertz CT molecular complexity index is 500. The zero-order chi connectivity index (χ0) is 14.7. The Balaban J connectivity index is 1.89. The van der Waals surface area contributed by atoms with E-state index in [0.29, 0.717) is 23.5 Å². The van der Waals surface area contributed by atoms with Gasteiger partial charge in [-0.2, -0.15) is 0 Å². The topological polar surface area (TPSA) is 58.4 Å². The highest BCUT2D eigenvalue weighted by Gasteiger charge is 2.27. The van der Waals surface area contributed by atoms with E-state index < -0.39 is 0 Å². The SMILES string of the molecule is CC1CC(C)N(CC(=O)Nc2ccc(C(N)=S)cc2)C1. The first kappa shape index (κ1) is 14.9. The van der Waals surface area contributed by atoms with Crippen LogP contribution in [0.5, 0.6) is 0 Å². The summed E-state index contributed by atoms with van der Waals surface area (Å²) in [5.41, 5.74) is 7.12. The van der Waals surface area contributed by atoms with E-state index in [9.17, 15) is 4.79 Å². The molecule has 0 aliphatic carbocycles. The van der Waals surface area contributed by atoms with Crippen LogP contribution in [0.25, 0.3) is 0 Å². The second-order valence-corrected chi connectivity index (χ2v) is 6.05. The fourth-order valence-electron chi connectivity index (χ4n) is 2.71. The van der Waals surface area contributed by atoms with Gasteiger partial charge in [-0.25, -0.2) is 0 Å². The van der Waals surface area contributed by atoms with Crippen LogP contribution in [-0.4, -0.2) is 34.9 Å². The minimum Gasteiger partial charge on any atom is -0.389 e. The fraction of sp³-hybridized carbons (Fsp3) is 0.467. The maximum atomic E-state index is 12.0. The molecule has 0 saturated carbocycles. The molecule has 2 rings (SSSR count). The van der Waals surface area contributed by atoms with Crippen LogP contribution in [0.1, 0.15) is 25.8 Å². The Kier molecular flexibility index (Phi) is 4.73. The van der Waals surface area contributed by atoms with Crippen LogP contribution < -0.4 is 11.1 Å². The largest absolute Gasteiger partial charge is 0.389 e. The van der Waals surface area contributed by atoms with Gasteiger partial charge in [-0.1, -0.05) is 19.1 Å². The molecule has 4 nitrogen and oxygen atoms in total. The molecule has 1 heterocycles. The maximum absolute atomic E-state index is 12.0. The number of amides is 1. The summed E-state index contributed by atoms with van der Waals surface area (Å²) >= 11 is 4.90. The van der Waals surface area contributed by atoms with Crippen molar-refractivity contribution in [1.82, 2.24) is 4.90 Å². The van der Waals surface area contributed by atoms with Gasteiger partial charge in [0.05, 0.1) is 6.54 Å². The van der Waals surface area contributed by atoms with Gasteiger partial charge in [0.2, 0.25) is 5.91 Å². The Labute approximate surface area is 125 Å². The summed E-state index contributed by atoms with van der Waals surface area (Å²) < 4.78 is 0. The van der Waals surface area contributed by atoms with Crippen LogP contribution >= 0.6 is 12.2 Å². The normalized spacial score (nSPS) is 22.7. The van der Waals surface area contributed by atoms with Crippen LogP contribution in [-0.2, 0) is 4.79 Å². The molecule has 108 valence electrons. The van der Waals surface area contributed by atoms with Gasteiger partial charge in [-0.05, 0) is 43.5 Å². The quantitative estimate of drug-likeness (QED) is 0.833. The lowest BCUT2D eigenvalue weighted by Crippen LogP contribution is -2.35. The van der Waals surface area contributed by atoms with Gasteiger partial charge < -0.3 is 11.1 Å². The van der Waals surface area contributed by atoms with Crippen molar-refractivity contribution in [3.05, 3.63) is 29.8 Å². The third-order valence-electron chi connectivity index (χ3n) is 3.71. The van der Waals surface area contributed by atoms with Crippen LogP contribution in [0.3, 0.4) is 0 Å². The number of nitrogens with one attached hydrogen (secondary N) is 1. The average Bonchev–Trinajstić information content (AvgIpc) is 2.68. The number of hydrogen-bond acceptors (Lipinski definition) is 3. The molecule has 20 heavy (non-hydrogen) atoms. The molecule has 5 heteroatoms. The number of benzene rings is 1. The summed E-state index contributed by atoms with van der Waals surface area (Å²) in [6.07, 6.45) is 1.16. The molecule has 1 aromatic carbocycles. The Morgan fingerprint density at radius 3 is 2.55 bits per heavy atom. The van der Waals surface area contributed by atoms with Gasteiger partial charge in [0.1, 0.15) is 4.99 Å². The first-order chi connectivity index (χ1) is 9.45. The molecule has 1 saturated heterocycles. The third kappa shape index (κ3) is 3.77. The maximum Gasteiger partial charge on any atom is 0.238 e. The van der Waals surface area contributed by atoms with E-state index in [1.807, 2.05) is 24.3 Å². The molecule has 3 N–H and O–H groups in total. The summed E-state index contributed by atoms with van der Waals surface area (Å²) in [6.45, 7) is 5.84. The highest BCUT2D eigenvalue weighted by molar-refractivity contribution is 7.80. The lowest BCUT2D eigenvalue weighted by atomic mass is 10.1. The van der Waals surface area contributed by atoms with Gasteiger partial charge in [-0.15, -0.1) is 0 Å². The van der Waals surface area contributed by atoms with Crippen molar-refractivity contribution in [2.45, 2.75) is 26.3 Å². The zero-order valence-corrected chi connectivity index (χ0v) is 12.7. The number of carbonyl (C=O) groups is 1. The summed E-state index contributed by atoms with van der Waals surface area (Å²) in [6, 6.07) is 7.76. The Hall–Kier alpha value is -1.46. The molecule has 1 fully saturated rings. The smallest absolute Gasteiger partial charge is 0.238 e. The highest BCUT2D eigenvalue weighted by Crippen LogP contribution is 2.21. The standard InChI is InChI=1S/C15H21N3OS/c1-10-7-11(2)18(8-10)9-14(19)17-13-5-3-12(4-6-13)15(16)20/h3-6,10-11H,7-9H2,1-2H3,(H2,16,20)(H,17,19). The summed E-state index contributed by atoms with van der Waals surface area (Å²) in [5, 5.41) is 2.91. The van der Waals surface area contributed by atoms with Gasteiger partial charge in [0, 0.05) is 23.8 Å². The van der Waals surface area contributed by atoms with E-state index in [1.165, 1.54) is 0 Å². The van der Waals surface area contributed by atoms with E-state index >= 15 is 0 Å². The van der Waals surface area contributed by atoms with E-state index in [4.69, 9.17) is 18.0 Å². The number of anilines is 1. The number of likely N-dealkylation sites (tertiary alicyclic amines) is 1. The number of rotatable bonds is 4. The summed E-state index contributed by atoms with van der Waals surface area (Å²) in [4.78, 5) is 14.6. The number of nitrogens with two attached hydrogens (primary N) is 1. The zero-order valence-electron chi connectivity index (χ0n) is 11.9. The summed E-state index contributed by atoms with van der Waals surface area (Å²) in [7, 11) is 0. The molecule has 1 aromatic rings. The monoisotopic (exact) mass is 291 g/mol. The minimum absolute atomic E-state index is 0.0222. The molecule has 2 unspecified atom stereocenters. The fourth-order valence-corrected chi connectivity index (χ4v) is 2.85. The number of carbonyl (C=O) groups excluding carboxylic acids is 1. The van der Waals surface area contributed by atoms with Gasteiger partial charge >= 0.3 is 0 Å². The summed E-state index contributed by atoms with van der Waals surface area (Å²) in [5.74, 6) is 0.691. The Morgan fingerprint density at radius 1 is 1.40 bits per heavy atom. The van der Waals surface area contributed by atoms with Crippen molar-refractivity contribution < 1.29 is 4.79 Å². The molecule has 1 aliphatic rings. The third-order valence-corrected chi connectivity index (χ3v) is 3.95. The predicted molar refractivity (Wildman–Crippen MR) is 85.8 cm³/mol. The second kappa shape index (κ2) is 6.33. The number of thiocarbonyl (C=S) groups is 1. The average molecular weight is 291 g/mol. The van der Waals surface area contributed by atoms with Gasteiger partial charge in [0.25, 0.3) is 0 Å². The van der Waals surface area contributed by atoms with Gasteiger partial charge in [0.15, 0.2) is 0 Å². The molecule has 0 aromatic heterocycles. The molecule has 1 aliphatic heterocycles. The van der Waals surface area contributed by atoms with E-state index in [0.717, 1.165) is 24.2 Å². The van der Waals surface area contributed by atoms with Crippen LogP contribution in [0.15, 0.2) is 24.3 Å². The van der Waals surface area contributed by atoms with E-state index in [-0.39, 0.29) is 5.91 Å². The van der Waals surface area contributed by atoms with E-state index in [1.54, 1.807) is 0 Å². The molecule has 2 atom stereocenters. The molecule has 1 amide bonds. The lowest BCUT2D eigenvalue weighted by molar-refractivity contribution is -0.117.